The molecule has 0 bridgehead atoms. The van der Waals surface area contributed by atoms with E-state index < -0.39 is 0 Å². The first kappa shape index (κ1) is 11.7. The monoisotopic (exact) mass is 249 g/mol. The Labute approximate surface area is 112 Å². The number of aldehydes is 1. The minimum absolute atomic E-state index is 0.192. The third-order valence-electron chi connectivity index (χ3n) is 3.63. The summed E-state index contributed by atoms with van der Waals surface area (Å²) in [7, 11) is 0. The number of fused-ring (bicyclic) bond motifs is 1. The minimum Gasteiger partial charge on any atom is -0.352 e. The van der Waals surface area contributed by atoms with Crippen molar-refractivity contribution in [1.82, 2.24) is 4.98 Å². The fraction of sp³-hybridized carbons (Fsp3) is 0.118. The quantitative estimate of drug-likeness (QED) is 0.695. The van der Waals surface area contributed by atoms with Crippen molar-refractivity contribution in [3.05, 3.63) is 71.4 Å². The maximum atomic E-state index is 11.3. The van der Waals surface area contributed by atoms with Crippen LogP contribution in [0.3, 0.4) is 0 Å². The zero-order valence-corrected chi connectivity index (χ0v) is 10.8. The molecule has 94 valence electrons. The summed E-state index contributed by atoms with van der Waals surface area (Å²) in [6, 6.07) is 18.3. The Morgan fingerprint density at radius 1 is 1.00 bits per heavy atom. The predicted octanol–water partition coefficient (Wildman–Crippen LogP) is 4.13. The van der Waals surface area contributed by atoms with Gasteiger partial charge >= 0.3 is 0 Å². The van der Waals surface area contributed by atoms with Crippen molar-refractivity contribution >= 4 is 17.2 Å². The summed E-state index contributed by atoms with van der Waals surface area (Å²) in [6.45, 7) is 2.14. The minimum atomic E-state index is 0.192. The van der Waals surface area contributed by atoms with Crippen LogP contribution in [-0.2, 0) is 0 Å². The molecule has 1 aromatic heterocycles. The number of aromatic nitrogens is 1. The summed E-state index contributed by atoms with van der Waals surface area (Å²) in [5.74, 6) is 0.192. The van der Waals surface area contributed by atoms with Crippen LogP contribution < -0.4 is 0 Å². The lowest BCUT2D eigenvalue weighted by atomic mass is 9.91. The molecular formula is C17H15NO. The molecule has 1 unspecified atom stereocenters. The Morgan fingerprint density at radius 3 is 2.42 bits per heavy atom. The van der Waals surface area contributed by atoms with Gasteiger partial charge in [0, 0.05) is 16.8 Å². The van der Waals surface area contributed by atoms with Gasteiger partial charge in [0.15, 0.2) is 6.29 Å². The van der Waals surface area contributed by atoms with E-state index in [2.05, 4.69) is 30.1 Å². The van der Waals surface area contributed by atoms with Gasteiger partial charge in [-0.2, -0.15) is 0 Å². The molecule has 0 saturated heterocycles. The zero-order chi connectivity index (χ0) is 13.2. The van der Waals surface area contributed by atoms with Crippen LogP contribution in [0, 0.1) is 0 Å². The summed E-state index contributed by atoms with van der Waals surface area (Å²) in [6.07, 6.45) is 0.911. The van der Waals surface area contributed by atoms with Crippen molar-refractivity contribution in [2.24, 2.45) is 0 Å². The third kappa shape index (κ3) is 1.95. The van der Waals surface area contributed by atoms with Crippen molar-refractivity contribution in [1.29, 1.82) is 0 Å². The summed E-state index contributed by atoms with van der Waals surface area (Å²) in [5.41, 5.74) is 3.99. The molecule has 0 fully saturated rings. The van der Waals surface area contributed by atoms with E-state index in [1.54, 1.807) is 0 Å². The average molecular weight is 249 g/mol. The molecule has 0 spiro atoms. The van der Waals surface area contributed by atoms with Gasteiger partial charge in [0.05, 0.1) is 5.69 Å². The standard InChI is InChI=1S/C17H15NO/c1-12(13-7-3-2-4-8-13)17-14-9-5-6-10-15(14)18-16(17)11-19/h2-12,18H,1H3. The number of carbonyl (C=O) groups is 1. The highest BCUT2D eigenvalue weighted by Crippen LogP contribution is 2.32. The molecule has 0 radical (unpaired) electrons. The lowest BCUT2D eigenvalue weighted by molar-refractivity contribution is 0.111. The van der Waals surface area contributed by atoms with Gasteiger partial charge in [0.25, 0.3) is 0 Å². The number of rotatable bonds is 3. The van der Waals surface area contributed by atoms with E-state index in [-0.39, 0.29) is 5.92 Å². The average Bonchev–Trinajstić information content (AvgIpc) is 2.86. The van der Waals surface area contributed by atoms with E-state index in [0.717, 1.165) is 22.8 Å². The van der Waals surface area contributed by atoms with Crippen LogP contribution >= 0.6 is 0 Å². The number of H-pyrrole nitrogens is 1. The van der Waals surface area contributed by atoms with Crippen molar-refractivity contribution in [2.45, 2.75) is 12.8 Å². The number of para-hydroxylation sites is 1. The molecule has 0 saturated carbocycles. The van der Waals surface area contributed by atoms with E-state index in [0.29, 0.717) is 5.69 Å². The predicted molar refractivity (Wildman–Crippen MR) is 77.6 cm³/mol. The number of nitrogens with one attached hydrogen (secondary N) is 1. The number of carbonyl (C=O) groups excluding carboxylic acids is 1. The van der Waals surface area contributed by atoms with Gasteiger partial charge < -0.3 is 4.98 Å². The maximum absolute atomic E-state index is 11.3. The smallest absolute Gasteiger partial charge is 0.166 e. The second-order valence-corrected chi connectivity index (χ2v) is 4.75. The van der Waals surface area contributed by atoms with E-state index in [1.165, 1.54) is 5.56 Å². The van der Waals surface area contributed by atoms with E-state index in [1.807, 2.05) is 36.4 Å². The first-order valence-corrected chi connectivity index (χ1v) is 6.42. The van der Waals surface area contributed by atoms with Crippen molar-refractivity contribution in [2.75, 3.05) is 0 Å². The van der Waals surface area contributed by atoms with Crippen LogP contribution in [0.2, 0.25) is 0 Å². The van der Waals surface area contributed by atoms with Gasteiger partial charge in [0.1, 0.15) is 0 Å². The van der Waals surface area contributed by atoms with Crippen molar-refractivity contribution in [3.8, 4) is 0 Å². The molecule has 0 aliphatic rings. The van der Waals surface area contributed by atoms with Crippen LogP contribution in [-0.4, -0.2) is 11.3 Å². The van der Waals surface area contributed by atoms with Crippen LogP contribution in [0.15, 0.2) is 54.6 Å². The number of aromatic amines is 1. The largest absolute Gasteiger partial charge is 0.352 e. The lowest BCUT2D eigenvalue weighted by Gasteiger charge is -2.12. The molecule has 19 heavy (non-hydrogen) atoms. The number of hydrogen-bond acceptors (Lipinski definition) is 1. The van der Waals surface area contributed by atoms with Gasteiger partial charge in [-0.05, 0) is 17.2 Å². The molecule has 1 heterocycles. The van der Waals surface area contributed by atoms with Crippen LogP contribution in [0.1, 0.15) is 34.5 Å². The fourth-order valence-corrected chi connectivity index (χ4v) is 2.65. The Morgan fingerprint density at radius 2 is 1.68 bits per heavy atom. The van der Waals surface area contributed by atoms with E-state index in [9.17, 15) is 4.79 Å². The Balaban J connectivity index is 2.21. The molecule has 3 aromatic rings. The topological polar surface area (TPSA) is 32.9 Å². The van der Waals surface area contributed by atoms with E-state index in [4.69, 9.17) is 0 Å². The summed E-state index contributed by atoms with van der Waals surface area (Å²) >= 11 is 0. The fourth-order valence-electron chi connectivity index (χ4n) is 2.65. The molecule has 0 aliphatic heterocycles. The lowest BCUT2D eigenvalue weighted by Crippen LogP contribution is -1.98. The van der Waals surface area contributed by atoms with Crippen molar-refractivity contribution in [3.63, 3.8) is 0 Å². The second kappa shape index (κ2) is 4.73. The first-order valence-electron chi connectivity index (χ1n) is 6.42. The highest BCUT2D eigenvalue weighted by Gasteiger charge is 2.17. The third-order valence-corrected chi connectivity index (χ3v) is 3.63. The molecule has 2 nitrogen and oxygen atoms in total. The SMILES string of the molecule is CC(c1ccccc1)c1c(C=O)[nH]c2ccccc12. The van der Waals surface area contributed by atoms with Crippen LogP contribution in [0.4, 0.5) is 0 Å². The summed E-state index contributed by atoms with van der Waals surface area (Å²) in [4.78, 5) is 14.5. The molecule has 1 atom stereocenters. The van der Waals surface area contributed by atoms with Gasteiger partial charge in [-0.15, -0.1) is 0 Å². The van der Waals surface area contributed by atoms with Crippen molar-refractivity contribution < 1.29 is 4.79 Å². The van der Waals surface area contributed by atoms with Gasteiger partial charge in [-0.25, -0.2) is 0 Å². The highest BCUT2D eigenvalue weighted by atomic mass is 16.1. The Bertz CT molecular complexity index is 712. The molecule has 0 amide bonds. The zero-order valence-electron chi connectivity index (χ0n) is 10.8. The van der Waals surface area contributed by atoms with Gasteiger partial charge in [0.2, 0.25) is 0 Å². The molecule has 1 N–H and O–H groups in total. The second-order valence-electron chi connectivity index (χ2n) is 4.75. The van der Waals surface area contributed by atoms with Crippen LogP contribution in [0.25, 0.3) is 10.9 Å². The molecule has 2 heteroatoms. The summed E-state index contributed by atoms with van der Waals surface area (Å²) in [5, 5.41) is 1.13. The highest BCUT2D eigenvalue weighted by molar-refractivity contribution is 5.93. The Hall–Kier alpha value is -2.35. The van der Waals surface area contributed by atoms with E-state index >= 15 is 0 Å². The number of benzene rings is 2. The van der Waals surface area contributed by atoms with Gasteiger partial charge in [-0.1, -0.05) is 55.5 Å². The maximum Gasteiger partial charge on any atom is 0.166 e. The number of hydrogen-bond donors (Lipinski definition) is 1. The molecular weight excluding hydrogens is 234 g/mol. The Kier molecular flexibility index (Phi) is 2.92. The first-order chi connectivity index (χ1) is 9.31. The van der Waals surface area contributed by atoms with Crippen LogP contribution in [0.5, 0.6) is 0 Å². The summed E-state index contributed by atoms with van der Waals surface area (Å²) < 4.78 is 0. The molecule has 0 aliphatic carbocycles. The molecule has 3 rings (SSSR count). The normalized spacial score (nSPS) is 12.5. The van der Waals surface area contributed by atoms with Gasteiger partial charge in [-0.3, -0.25) is 4.79 Å². The molecule has 2 aromatic carbocycles.